The van der Waals surface area contributed by atoms with Gasteiger partial charge in [0.15, 0.2) is 0 Å². The van der Waals surface area contributed by atoms with E-state index in [0.717, 1.165) is 37.1 Å². The van der Waals surface area contributed by atoms with Gasteiger partial charge >= 0.3 is 0 Å². The van der Waals surface area contributed by atoms with Gasteiger partial charge in [-0.2, -0.15) is 13.5 Å². The minimum atomic E-state index is -3.88. The van der Waals surface area contributed by atoms with E-state index in [9.17, 15) is 13.2 Å². The molecule has 0 bridgehead atoms. The van der Waals surface area contributed by atoms with E-state index in [1.54, 1.807) is 35.1 Å². The van der Waals surface area contributed by atoms with E-state index >= 15 is 0 Å². The van der Waals surface area contributed by atoms with Gasteiger partial charge in [0.2, 0.25) is 0 Å². The summed E-state index contributed by atoms with van der Waals surface area (Å²) < 4.78 is 31.6. The van der Waals surface area contributed by atoms with Crippen LogP contribution in [0.25, 0.3) is 5.69 Å². The molecular formula is C24H27N5O3S. The van der Waals surface area contributed by atoms with Gasteiger partial charge in [0.05, 0.1) is 16.8 Å². The van der Waals surface area contributed by atoms with Gasteiger partial charge in [-0.3, -0.25) is 4.79 Å². The predicted molar refractivity (Wildman–Crippen MR) is 128 cm³/mol. The maximum atomic E-state index is 12.9. The number of nitrogens with one attached hydrogen (secondary N) is 1. The second-order valence-corrected chi connectivity index (χ2v) is 9.81. The molecule has 0 radical (unpaired) electrons. The summed E-state index contributed by atoms with van der Waals surface area (Å²) in [4.78, 5) is 14.7. The van der Waals surface area contributed by atoms with Crippen molar-refractivity contribution in [3.63, 3.8) is 0 Å². The van der Waals surface area contributed by atoms with Crippen LogP contribution in [0.5, 0.6) is 0 Å². The quantitative estimate of drug-likeness (QED) is 0.614. The molecule has 0 spiro atoms. The second kappa shape index (κ2) is 9.58. The molecule has 8 nitrogen and oxygen atoms in total. The van der Waals surface area contributed by atoms with Gasteiger partial charge in [0, 0.05) is 37.5 Å². The van der Waals surface area contributed by atoms with Gasteiger partial charge in [0.1, 0.15) is 5.84 Å². The van der Waals surface area contributed by atoms with Crippen LogP contribution in [0.4, 0.5) is 5.69 Å². The fourth-order valence-electron chi connectivity index (χ4n) is 3.69. The Bertz CT molecular complexity index is 1280. The third-order valence-electron chi connectivity index (χ3n) is 5.56. The molecule has 0 unspecified atom stereocenters. The summed E-state index contributed by atoms with van der Waals surface area (Å²) in [6.45, 7) is 2.75. The molecule has 3 aromatic rings. The third kappa shape index (κ3) is 5.48. The average Bonchev–Trinajstić information content (AvgIpc) is 3.14. The Balaban J connectivity index is 1.50. The zero-order chi connectivity index (χ0) is 23.4. The Kier molecular flexibility index (Phi) is 6.60. The van der Waals surface area contributed by atoms with Crippen molar-refractivity contribution in [2.45, 2.75) is 37.5 Å². The number of nitrogens with zero attached hydrogens (tertiary/aromatic N) is 4. The van der Waals surface area contributed by atoms with Gasteiger partial charge < -0.3 is 10.2 Å². The second-order valence-electron chi connectivity index (χ2n) is 8.21. The molecule has 0 saturated carbocycles. The number of amidine groups is 1. The monoisotopic (exact) mass is 465 g/mol. The van der Waals surface area contributed by atoms with Crippen molar-refractivity contribution >= 4 is 27.5 Å². The van der Waals surface area contributed by atoms with Crippen LogP contribution in [0.15, 0.2) is 70.2 Å². The Labute approximate surface area is 194 Å². The zero-order valence-electron chi connectivity index (χ0n) is 18.7. The average molecular weight is 466 g/mol. The lowest BCUT2D eigenvalue weighted by Crippen LogP contribution is -2.26. The Morgan fingerprint density at radius 2 is 1.88 bits per heavy atom. The number of benzene rings is 2. The number of carbonyl (C=O) groups excluding carboxylic acids is 1. The Hall–Kier alpha value is -3.46. The predicted octanol–water partition coefficient (Wildman–Crippen LogP) is 4.03. The molecule has 1 fully saturated rings. The molecule has 33 heavy (non-hydrogen) atoms. The maximum Gasteiger partial charge on any atom is 0.284 e. The van der Waals surface area contributed by atoms with E-state index in [0.29, 0.717) is 23.5 Å². The van der Waals surface area contributed by atoms with Gasteiger partial charge in [-0.15, -0.1) is 4.40 Å². The molecule has 1 aliphatic heterocycles. The number of hydrogen-bond acceptors (Lipinski definition) is 4. The van der Waals surface area contributed by atoms with E-state index in [1.807, 2.05) is 37.2 Å². The number of likely N-dealkylation sites (tertiary alicyclic amines) is 1. The van der Waals surface area contributed by atoms with E-state index in [-0.39, 0.29) is 10.8 Å². The number of aryl methyl sites for hydroxylation is 1. The highest BCUT2D eigenvalue weighted by Gasteiger charge is 2.19. The SMILES string of the molecule is Cc1cnn(-c2ccc(C(=O)Nc3cccc(S(=O)(=O)N=C4CCCCCN4C)c3)cc2)c1. The molecule has 2 heterocycles. The smallest absolute Gasteiger partial charge is 0.284 e. The van der Waals surface area contributed by atoms with Gasteiger partial charge in [-0.05, 0) is 67.8 Å². The summed E-state index contributed by atoms with van der Waals surface area (Å²) in [5.74, 6) is 0.247. The standard InChI is InChI=1S/C24H27N5O3S/c1-18-16-25-29(17-18)21-12-10-19(11-13-21)24(30)26-20-7-6-8-22(15-20)33(31,32)27-23-9-4-3-5-14-28(23)2/h6-8,10-13,15-17H,3-5,9,14H2,1-2H3,(H,26,30). The first-order valence-corrected chi connectivity index (χ1v) is 12.3. The van der Waals surface area contributed by atoms with Crippen LogP contribution in [-0.2, 0) is 10.0 Å². The largest absolute Gasteiger partial charge is 0.362 e. The van der Waals surface area contributed by atoms with E-state index in [4.69, 9.17) is 0 Å². The van der Waals surface area contributed by atoms with Crippen molar-refractivity contribution in [2.75, 3.05) is 18.9 Å². The Morgan fingerprint density at radius 3 is 2.61 bits per heavy atom. The van der Waals surface area contributed by atoms with E-state index < -0.39 is 10.0 Å². The summed E-state index contributed by atoms with van der Waals surface area (Å²) in [5.41, 5.74) is 2.73. The molecule has 4 rings (SSSR count). The lowest BCUT2D eigenvalue weighted by Gasteiger charge is -2.17. The van der Waals surface area contributed by atoms with Crippen LogP contribution in [0.1, 0.15) is 41.6 Å². The van der Waals surface area contributed by atoms with Gasteiger partial charge in [-0.25, -0.2) is 4.68 Å². The van der Waals surface area contributed by atoms with Crippen LogP contribution in [0.2, 0.25) is 0 Å². The van der Waals surface area contributed by atoms with Crippen molar-refractivity contribution in [1.29, 1.82) is 0 Å². The molecular weight excluding hydrogens is 438 g/mol. The molecule has 1 N–H and O–H groups in total. The van der Waals surface area contributed by atoms with Crippen LogP contribution < -0.4 is 5.32 Å². The third-order valence-corrected chi connectivity index (χ3v) is 6.86. The number of amides is 1. The van der Waals surface area contributed by atoms with Crippen molar-refractivity contribution in [3.05, 3.63) is 72.1 Å². The maximum absolute atomic E-state index is 12.9. The Morgan fingerprint density at radius 1 is 1.09 bits per heavy atom. The first kappa shape index (κ1) is 22.7. The first-order chi connectivity index (χ1) is 15.8. The molecule has 9 heteroatoms. The highest BCUT2D eigenvalue weighted by molar-refractivity contribution is 7.90. The first-order valence-electron chi connectivity index (χ1n) is 10.9. The molecule has 1 aliphatic rings. The molecule has 1 aromatic heterocycles. The fourth-order valence-corrected chi connectivity index (χ4v) is 4.83. The molecule has 172 valence electrons. The summed E-state index contributed by atoms with van der Waals surface area (Å²) in [7, 11) is -2.01. The van der Waals surface area contributed by atoms with Crippen LogP contribution in [-0.4, -0.2) is 48.4 Å². The summed E-state index contributed by atoms with van der Waals surface area (Å²) in [6, 6.07) is 13.2. The van der Waals surface area contributed by atoms with Crippen molar-refractivity contribution in [2.24, 2.45) is 4.40 Å². The lowest BCUT2D eigenvalue weighted by atomic mass is 10.2. The molecule has 1 amide bonds. The number of sulfonamides is 1. The number of hydrogen-bond donors (Lipinski definition) is 1. The molecule has 1 saturated heterocycles. The summed E-state index contributed by atoms with van der Waals surface area (Å²) in [5, 5.41) is 7.03. The van der Waals surface area contributed by atoms with Gasteiger partial charge in [-0.1, -0.05) is 12.5 Å². The fraction of sp³-hybridized carbons (Fsp3) is 0.292. The van der Waals surface area contributed by atoms with Crippen LogP contribution >= 0.6 is 0 Å². The normalized spacial score (nSPS) is 15.9. The van der Waals surface area contributed by atoms with Crippen LogP contribution in [0, 0.1) is 6.92 Å². The van der Waals surface area contributed by atoms with Gasteiger partial charge in [0.25, 0.3) is 15.9 Å². The van der Waals surface area contributed by atoms with Crippen molar-refractivity contribution in [3.8, 4) is 5.69 Å². The van der Waals surface area contributed by atoms with Crippen molar-refractivity contribution in [1.82, 2.24) is 14.7 Å². The highest BCUT2D eigenvalue weighted by atomic mass is 32.2. The topological polar surface area (TPSA) is 96.7 Å². The summed E-state index contributed by atoms with van der Waals surface area (Å²) >= 11 is 0. The number of anilines is 1. The van der Waals surface area contributed by atoms with E-state index in [1.165, 1.54) is 12.1 Å². The van der Waals surface area contributed by atoms with E-state index in [2.05, 4.69) is 14.8 Å². The minimum absolute atomic E-state index is 0.0508. The molecule has 0 aliphatic carbocycles. The molecule has 2 aromatic carbocycles. The van der Waals surface area contributed by atoms with Crippen molar-refractivity contribution < 1.29 is 13.2 Å². The zero-order valence-corrected chi connectivity index (χ0v) is 19.5. The minimum Gasteiger partial charge on any atom is -0.362 e. The van der Waals surface area contributed by atoms with Crippen LogP contribution in [0.3, 0.4) is 0 Å². The number of carbonyl (C=O) groups is 1. The molecule has 0 atom stereocenters. The number of aromatic nitrogens is 2. The lowest BCUT2D eigenvalue weighted by molar-refractivity contribution is 0.102. The number of rotatable bonds is 5. The highest BCUT2D eigenvalue weighted by Crippen LogP contribution is 2.21. The summed E-state index contributed by atoms with van der Waals surface area (Å²) in [6.07, 6.45) is 7.32.